The molecule has 1 aliphatic rings. The zero-order chi connectivity index (χ0) is 23.3. The molecule has 2 N–H and O–H groups in total. The standard InChI is InChI=1S/C28H29N5S/c1-21-10-7-13-23(20-21)32-18-8-15-25(32)27-26(24-14-5-6-16-30-24)31-28(34)33(27)19-9-17-29-22-11-3-2-4-12-22/h2-8,10-16,18,20,26-27,29H,9,17,19H2,1H3,(H,31,34)/t26-,27-/m0/s1. The van der Waals surface area contributed by atoms with E-state index in [0.717, 1.165) is 41.7 Å². The highest BCUT2D eigenvalue weighted by Crippen LogP contribution is 2.39. The molecule has 172 valence electrons. The van der Waals surface area contributed by atoms with Crippen molar-refractivity contribution in [2.24, 2.45) is 0 Å². The normalized spacial score (nSPS) is 17.6. The van der Waals surface area contributed by atoms with Gasteiger partial charge >= 0.3 is 0 Å². The van der Waals surface area contributed by atoms with Crippen LogP contribution in [0.15, 0.2) is 97.3 Å². The smallest absolute Gasteiger partial charge is 0.170 e. The van der Waals surface area contributed by atoms with Crippen molar-refractivity contribution in [3.63, 3.8) is 0 Å². The molecule has 4 aromatic rings. The average Bonchev–Trinajstić information content (AvgIpc) is 3.47. The lowest BCUT2D eigenvalue weighted by atomic mass is 10.0. The molecule has 1 aliphatic heterocycles. The lowest BCUT2D eigenvalue weighted by Crippen LogP contribution is -2.32. The number of benzene rings is 2. The molecule has 6 heteroatoms. The third-order valence-electron chi connectivity index (χ3n) is 6.24. The number of pyridine rings is 1. The molecular formula is C28H29N5S. The van der Waals surface area contributed by atoms with Gasteiger partial charge < -0.3 is 20.1 Å². The van der Waals surface area contributed by atoms with Crippen LogP contribution in [-0.2, 0) is 0 Å². The van der Waals surface area contributed by atoms with E-state index in [-0.39, 0.29) is 12.1 Å². The van der Waals surface area contributed by atoms with E-state index in [4.69, 9.17) is 12.2 Å². The summed E-state index contributed by atoms with van der Waals surface area (Å²) < 4.78 is 2.28. The highest BCUT2D eigenvalue weighted by molar-refractivity contribution is 7.80. The van der Waals surface area contributed by atoms with Gasteiger partial charge in [-0.05, 0) is 79.7 Å². The van der Waals surface area contributed by atoms with Gasteiger partial charge in [0.15, 0.2) is 5.11 Å². The Bertz CT molecular complexity index is 1240. The molecule has 5 rings (SSSR count). The number of para-hydroxylation sites is 1. The Morgan fingerprint density at radius 1 is 0.971 bits per heavy atom. The fourth-order valence-electron chi connectivity index (χ4n) is 4.65. The van der Waals surface area contributed by atoms with E-state index in [1.165, 1.54) is 11.3 Å². The van der Waals surface area contributed by atoms with E-state index in [1.54, 1.807) is 0 Å². The first kappa shape index (κ1) is 22.2. The van der Waals surface area contributed by atoms with Crippen LogP contribution < -0.4 is 10.6 Å². The van der Waals surface area contributed by atoms with Crippen molar-refractivity contribution in [1.82, 2.24) is 19.8 Å². The van der Waals surface area contributed by atoms with E-state index in [9.17, 15) is 0 Å². The van der Waals surface area contributed by atoms with Gasteiger partial charge in [-0.15, -0.1) is 0 Å². The molecule has 0 spiro atoms. The van der Waals surface area contributed by atoms with Gasteiger partial charge in [0, 0.05) is 42.6 Å². The second-order valence-electron chi connectivity index (χ2n) is 8.61. The zero-order valence-corrected chi connectivity index (χ0v) is 20.1. The van der Waals surface area contributed by atoms with Crippen LogP contribution in [0.1, 0.15) is 35.5 Å². The highest BCUT2D eigenvalue weighted by Gasteiger charge is 2.40. The van der Waals surface area contributed by atoms with E-state index in [2.05, 4.69) is 105 Å². The third kappa shape index (κ3) is 4.68. The minimum absolute atomic E-state index is 0.0192. The van der Waals surface area contributed by atoms with Crippen LogP contribution in [0.2, 0.25) is 0 Å². The summed E-state index contributed by atoms with van der Waals surface area (Å²) in [5.74, 6) is 0. The van der Waals surface area contributed by atoms with Crippen LogP contribution in [0.3, 0.4) is 0 Å². The quantitative estimate of drug-likeness (QED) is 0.259. The molecule has 0 aliphatic carbocycles. The Morgan fingerprint density at radius 2 is 1.82 bits per heavy atom. The van der Waals surface area contributed by atoms with Crippen molar-refractivity contribution < 1.29 is 0 Å². The van der Waals surface area contributed by atoms with E-state index >= 15 is 0 Å². The summed E-state index contributed by atoms with van der Waals surface area (Å²) in [4.78, 5) is 6.99. The van der Waals surface area contributed by atoms with Crippen molar-refractivity contribution >= 4 is 23.0 Å². The molecule has 0 radical (unpaired) electrons. The van der Waals surface area contributed by atoms with Gasteiger partial charge in [-0.2, -0.15) is 0 Å². The Labute approximate surface area is 206 Å². The third-order valence-corrected chi connectivity index (χ3v) is 6.59. The van der Waals surface area contributed by atoms with E-state index < -0.39 is 0 Å². The van der Waals surface area contributed by atoms with E-state index in [1.807, 2.05) is 24.4 Å². The number of aryl methyl sites for hydroxylation is 1. The minimum atomic E-state index is -0.0192. The summed E-state index contributed by atoms with van der Waals surface area (Å²) >= 11 is 5.85. The number of nitrogens with one attached hydrogen (secondary N) is 2. The second kappa shape index (κ2) is 10.1. The molecule has 1 fully saturated rings. The van der Waals surface area contributed by atoms with Crippen LogP contribution in [0, 0.1) is 6.92 Å². The Morgan fingerprint density at radius 3 is 2.62 bits per heavy atom. The minimum Gasteiger partial charge on any atom is -0.385 e. The number of anilines is 1. The lowest BCUT2D eigenvalue weighted by molar-refractivity contribution is 0.307. The van der Waals surface area contributed by atoms with Crippen LogP contribution in [0.5, 0.6) is 0 Å². The predicted molar refractivity (Wildman–Crippen MR) is 142 cm³/mol. The number of hydrogen-bond donors (Lipinski definition) is 2. The maximum atomic E-state index is 5.85. The van der Waals surface area contributed by atoms with Crippen molar-refractivity contribution in [2.45, 2.75) is 25.4 Å². The molecule has 1 saturated heterocycles. The van der Waals surface area contributed by atoms with Crippen LogP contribution >= 0.6 is 12.2 Å². The first-order chi connectivity index (χ1) is 16.7. The fraction of sp³-hybridized carbons (Fsp3) is 0.214. The Balaban J connectivity index is 1.43. The lowest BCUT2D eigenvalue weighted by Gasteiger charge is -2.29. The molecule has 0 bridgehead atoms. The summed E-state index contributed by atoms with van der Waals surface area (Å²) in [7, 11) is 0. The van der Waals surface area contributed by atoms with Gasteiger partial charge in [0.25, 0.3) is 0 Å². The molecule has 3 heterocycles. The molecule has 2 aromatic heterocycles. The first-order valence-corrected chi connectivity index (χ1v) is 12.1. The molecular weight excluding hydrogens is 438 g/mol. The summed E-state index contributed by atoms with van der Waals surface area (Å²) in [6, 6.07) is 29.3. The number of hydrogen-bond acceptors (Lipinski definition) is 3. The average molecular weight is 468 g/mol. The van der Waals surface area contributed by atoms with Gasteiger partial charge in [0.2, 0.25) is 0 Å². The summed E-state index contributed by atoms with van der Waals surface area (Å²) in [6.45, 7) is 3.85. The zero-order valence-electron chi connectivity index (χ0n) is 19.3. The molecule has 5 nitrogen and oxygen atoms in total. The fourth-order valence-corrected chi connectivity index (χ4v) is 4.99. The molecule has 2 atom stereocenters. The number of rotatable bonds is 8. The second-order valence-corrected chi connectivity index (χ2v) is 9.00. The van der Waals surface area contributed by atoms with Crippen molar-refractivity contribution in [2.75, 3.05) is 18.4 Å². The summed E-state index contributed by atoms with van der Waals surface area (Å²) in [5, 5.41) is 7.86. The topological polar surface area (TPSA) is 45.1 Å². The molecule has 34 heavy (non-hydrogen) atoms. The summed E-state index contributed by atoms with van der Waals surface area (Å²) in [6.07, 6.45) is 4.95. The largest absolute Gasteiger partial charge is 0.385 e. The van der Waals surface area contributed by atoms with Crippen LogP contribution in [0.25, 0.3) is 5.69 Å². The maximum absolute atomic E-state index is 5.85. The first-order valence-electron chi connectivity index (χ1n) is 11.7. The Kier molecular flexibility index (Phi) is 6.58. The Hall–Kier alpha value is -3.64. The molecule has 0 saturated carbocycles. The van der Waals surface area contributed by atoms with Crippen LogP contribution in [-0.4, -0.2) is 32.7 Å². The maximum Gasteiger partial charge on any atom is 0.170 e. The molecule has 2 aromatic carbocycles. The monoisotopic (exact) mass is 467 g/mol. The predicted octanol–water partition coefficient (Wildman–Crippen LogP) is 5.66. The van der Waals surface area contributed by atoms with Gasteiger partial charge in [0.1, 0.15) is 0 Å². The van der Waals surface area contributed by atoms with Crippen molar-refractivity contribution in [3.8, 4) is 5.69 Å². The SMILES string of the molecule is Cc1cccc(-n2cccc2[C@H]2[C@H](c3ccccn3)NC(=S)N2CCCNc2ccccc2)c1. The van der Waals surface area contributed by atoms with Crippen molar-refractivity contribution in [1.29, 1.82) is 0 Å². The number of thiocarbonyl (C=S) groups is 1. The number of nitrogens with zero attached hydrogens (tertiary/aromatic N) is 3. The molecule has 0 unspecified atom stereocenters. The molecule has 0 amide bonds. The van der Waals surface area contributed by atoms with Gasteiger partial charge in [0.05, 0.1) is 17.8 Å². The van der Waals surface area contributed by atoms with E-state index in [0.29, 0.717) is 0 Å². The van der Waals surface area contributed by atoms with Gasteiger partial charge in [-0.1, -0.05) is 36.4 Å². The number of aromatic nitrogens is 2. The highest BCUT2D eigenvalue weighted by atomic mass is 32.1. The van der Waals surface area contributed by atoms with Crippen molar-refractivity contribution in [3.05, 3.63) is 114 Å². The summed E-state index contributed by atoms with van der Waals surface area (Å²) in [5.41, 5.74) is 5.73. The van der Waals surface area contributed by atoms with Gasteiger partial charge in [-0.25, -0.2) is 0 Å². The van der Waals surface area contributed by atoms with Crippen LogP contribution in [0.4, 0.5) is 5.69 Å². The van der Waals surface area contributed by atoms with Gasteiger partial charge in [-0.3, -0.25) is 4.98 Å².